The summed E-state index contributed by atoms with van der Waals surface area (Å²) in [6.07, 6.45) is 2.22. The number of benzene rings is 1. The van der Waals surface area contributed by atoms with Crippen LogP contribution in [-0.4, -0.2) is 18.0 Å². The van der Waals surface area contributed by atoms with Gasteiger partial charge in [-0.3, -0.25) is 10.1 Å². The second-order valence-electron chi connectivity index (χ2n) is 5.98. The number of hydrogen-bond acceptors (Lipinski definition) is 3. The van der Waals surface area contributed by atoms with Crippen molar-refractivity contribution in [2.75, 3.05) is 0 Å². The Morgan fingerprint density at radius 3 is 2.67 bits per heavy atom. The SMILES string of the molecule is Cc1c(C(C)NC(C)C(=O)NC2CC2)oc2ccccc12. The Kier molecular flexibility index (Phi) is 3.72. The molecule has 112 valence electrons. The van der Waals surface area contributed by atoms with Gasteiger partial charge in [-0.15, -0.1) is 0 Å². The Bertz CT molecular complexity index is 658. The van der Waals surface area contributed by atoms with Gasteiger partial charge in [-0.1, -0.05) is 18.2 Å². The molecule has 1 aromatic carbocycles. The first-order valence-corrected chi connectivity index (χ1v) is 7.60. The zero-order chi connectivity index (χ0) is 15.0. The summed E-state index contributed by atoms with van der Waals surface area (Å²) in [6.45, 7) is 5.99. The van der Waals surface area contributed by atoms with Gasteiger partial charge in [-0.2, -0.15) is 0 Å². The van der Waals surface area contributed by atoms with Crippen LogP contribution in [0.3, 0.4) is 0 Å². The minimum absolute atomic E-state index is 0.00245. The predicted molar refractivity (Wildman–Crippen MR) is 83.1 cm³/mol. The average molecular weight is 286 g/mol. The van der Waals surface area contributed by atoms with E-state index in [4.69, 9.17) is 4.42 Å². The third-order valence-corrected chi connectivity index (χ3v) is 4.09. The van der Waals surface area contributed by atoms with E-state index in [0.29, 0.717) is 6.04 Å². The number of aryl methyl sites for hydroxylation is 1. The van der Waals surface area contributed by atoms with Crippen LogP contribution in [0.25, 0.3) is 11.0 Å². The summed E-state index contributed by atoms with van der Waals surface area (Å²) in [7, 11) is 0. The molecule has 1 saturated carbocycles. The van der Waals surface area contributed by atoms with Crippen LogP contribution < -0.4 is 10.6 Å². The highest BCUT2D eigenvalue weighted by atomic mass is 16.3. The van der Waals surface area contributed by atoms with Crippen molar-refractivity contribution in [3.05, 3.63) is 35.6 Å². The normalized spacial score (nSPS) is 17.7. The highest BCUT2D eigenvalue weighted by Crippen LogP contribution is 2.29. The number of rotatable bonds is 5. The Hall–Kier alpha value is -1.81. The molecule has 4 heteroatoms. The molecule has 21 heavy (non-hydrogen) atoms. The van der Waals surface area contributed by atoms with Crippen molar-refractivity contribution in [3.8, 4) is 0 Å². The van der Waals surface area contributed by atoms with Gasteiger partial charge in [0.05, 0.1) is 12.1 Å². The van der Waals surface area contributed by atoms with E-state index < -0.39 is 0 Å². The van der Waals surface area contributed by atoms with E-state index in [2.05, 4.69) is 23.6 Å². The van der Waals surface area contributed by atoms with E-state index >= 15 is 0 Å². The lowest BCUT2D eigenvalue weighted by atomic mass is 10.1. The van der Waals surface area contributed by atoms with E-state index in [0.717, 1.165) is 35.1 Å². The molecule has 2 N–H and O–H groups in total. The van der Waals surface area contributed by atoms with Crippen molar-refractivity contribution in [1.29, 1.82) is 0 Å². The molecule has 1 aliphatic carbocycles. The molecule has 0 radical (unpaired) electrons. The number of fused-ring (bicyclic) bond motifs is 1. The summed E-state index contributed by atoms with van der Waals surface area (Å²) in [6, 6.07) is 8.18. The summed E-state index contributed by atoms with van der Waals surface area (Å²) in [5.74, 6) is 0.973. The minimum Gasteiger partial charge on any atom is -0.459 e. The standard InChI is InChI=1S/C17H22N2O2/c1-10-14-6-4-5-7-15(14)21-16(10)11(2)18-12(3)17(20)19-13-8-9-13/h4-7,11-13,18H,8-9H2,1-3H3,(H,19,20). The topological polar surface area (TPSA) is 54.3 Å². The number of amides is 1. The average Bonchev–Trinajstić information content (AvgIpc) is 3.21. The van der Waals surface area contributed by atoms with Gasteiger partial charge in [0.1, 0.15) is 11.3 Å². The van der Waals surface area contributed by atoms with Gasteiger partial charge in [0, 0.05) is 11.4 Å². The molecule has 2 aromatic rings. The molecule has 1 heterocycles. The third-order valence-electron chi connectivity index (χ3n) is 4.09. The molecule has 4 nitrogen and oxygen atoms in total. The van der Waals surface area contributed by atoms with Crippen molar-refractivity contribution in [1.82, 2.24) is 10.6 Å². The molecule has 1 aliphatic rings. The van der Waals surface area contributed by atoms with Crippen LogP contribution in [0.4, 0.5) is 0 Å². The molecule has 0 saturated heterocycles. The zero-order valence-corrected chi connectivity index (χ0v) is 12.8. The molecule has 1 fully saturated rings. The van der Waals surface area contributed by atoms with Crippen molar-refractivity contribution in [2.24, 2.45) is 0 Å². The summed E-state index contributed by atoms with van der Waals surface area (Å²) in [5.41, 5.74) is 2.04. The van der Waals surface area contributed by atoms with Crippen molar-refractivity contribution >= 4 is 16.9 Å². The quantitative estimate of drug-likeness (QED) is 0.888. The van der Waals surface area contributed by atoms with Gasteiger partial charge < -0.3 is 9.73 Å². The largest absolute Gasteiger partial charge is 0.459 e. The van der Waals surface area contributed by atoms with Gasteiger partial charge in [-0.05, 0) is 45.2 Å². The highest BCUT2D eigenvalue weighted by molar-refractivity contribution is 5.83. The second-order valence-corrected chi connectivity index (χ2v) is 5.98. The zero-order valence-electron chi connectivity index (χ0n) is 12.8. The third kappa shape index (κ3) is 2.95. The van der Waals surface area contributed by atoms with Crippen LogP contribution in [0.15, 0.2) is 28.7 Å². The van der Waals surface area contributed by atoms with Crippen molar-refractivity contribution < 1.29 is 9.21 Å². The van der Waals surface area contributed by atoms with Gasteiger partial charge >= 0.3 is 0 Å². The maximum Gasteiger partial charge on any atom is 0.237 e. The predicted octanol–water partition coefficient (Wildman–Crippen LogP) is 3.06. The van der Waals surface area contributed by atoms with Gasteiger partial charge in [0.25, 0.3) is 0 Å². The van der Waals surface area contributed by atoms with Crippen LogP contribution in [0.5, 0.6) is 0 Å². The first-order valence-electron chi connectivity index (χ1n) is 7.60. The van der Waals surface area contributed by atoms with E-state index in [1.54, 1.807) is 0 Å². The van der Waals surface area contributed by atoms with E-state index in [-0.39, 0.29) is 18.0 Å². The molecular weight excluding hydrogens is 264 g/mol. The molecular formula is C17H22N2O2. The Morgan fingerprint density at radius 2 is 2.00 bits per heavy atom. The first kappa shape index (κ1) is 14.1. The first-order chi connectivity index (χ1) is 10.1. The maximum atomic E-state index is 12.0. The molecule has 0 bridgehead atoms. The highest BCUT2D eigenvalue weighted by Gasteiger charge is 2.27. The Labute approximate surface area is 124 Å². The number of carbonyl (C=O) groups is 1. The van der Waals surface area contributed by atoms with E-state index in [1.807, 2.05) is 32.0 Å². The number of furan rings is 1. The fourth-order valence-electron chi connectivity index (χ4n) is 2.69. The molecule has 0 spiro atoms. The lowest BCUT2D eigenvalue weighted by Gasteiger charge is -2.18. The van der Waals surface area contributed by atoms with Crippen LogP contribution in [0, 0.1) is 6.92 Å². The number of hydrogen-bond donors (Lipinski definition) is 2. The van der Waals surface area contributed by atoms with Gasteiger partial charge in [0.15, 0.2) is 0 Å². The summed E-state index contributed by atoms with van der Waals surface area (Å²) < 4.78 is 5.94. The number of carbonyl (C=O) groups excluding carboxylic acids is 1. The molecule has 1 aromatic heterocycles. The fraction of sp³-hybridized carbons (Fsp3) is 0.471. The van der Waals surface area contributed by atoms with Crippen molar-refractivity contribution in [3.63, 3.8) is 0 Å². The maximum absolute atomic E-state index is 12.0. The lowest BCUT2D eigenvalue weighted by Crippen LogP contribution is -2.43. The van der Waals surface area contributed by atoms with Crippen LogP contribution in [-0.2, 0) is 4.79 Å². The molecule has 2 atom stereocenters. The Morgan fingerprint density at radius 1 is 1.29 bits per heavy atom. The number of nitrogens with one attached hydrogen (secondary N) is 2. The van der Waals surface area contributed by atoms with Crippen LogP contribution in [0.1, 0.15) is 44.1 Å². The molecule has 3 rings (SSSR count). The number of para-hydroxylation sites is 1. The molecule has 2 unspecified atom stereocenters. The summed E-state index contributed by atoms with van der Waals surface area (Å²) in [4.78, 5) is 12.0. The molecule has 0 aliphatic heterocycles. The van der Waals surface area contributed by atoms with Crippen LogP contribution in [0.2, 0.25) is 0 Å². The van der Waals surface area contributed by atoms with Gasteiger partial charge in [0.2, 0.25) is 5.91 Å². The van der Waals surface area contributed by atoms with Crippen molar-refractivity contribution in [2.45, 2.75) is 51.7 Å². The van der Waals surface area contributed by atoms with E-state index in [9.17, 15) is 4.79 Å². The minimum atomic E-state index is -0.229. The Balaban J connectivity index is 1.72. The van der Waals surface area contributed by atoms with Gasteiger partial charge in [-0.25, -0.2) is 0 Å². The smallest absolute Gasteiger partial charge is 0.237 e. The summed E-state index contributed by atoms with van der Waals surface area (Å²) >= 11 is 0. The summed E-state index contributed by atoms with van der Waals surface area (Å²) in [5, 5.41) is 7.48. The van der Waals surface area contributed by atoms with Crippen LogP contribution >= 0.6 is 0 Å². The fourth-order valence-corrected chi connectivity index (χ4v) is 2.69. The van der Waals surface area contributed by atoms with E-state index in [1.165, 1.54) is 0 Å². The second kappa shape index (κ2) is 5.53. The molecule has 1 amide bonds. The monoisotopic (exact) mass is 286 g/mol. The lowest BCUT2D eigenvalue weighted by molar-refractivity contribution is -0.123.